The Balaban J connectivity index is 1.21. The molecule has 18 heteroatoms. The monoisotopic (exact) mass is 895 g/mol. The lowest BCUT2D eigenvalue weighted by Crippen LogP contribution is -2.60. The van der Waals surface area contributed by atoms with E-state index in [9.17, 15) is 27.6 Å². The quantitative estimate of drug-likeness (QED) is 0.168. The molecule has 1 unspecified atom stereocenters. The molecular formula is C44H61N7O9S2. The number of nitrogens with zero attached hydrogens (tertiary/aromatic N) is 3. The molecule has 4 N–H and O–H groups in total. The zero-order valence-corrected chi connectivity index (χ0v) is 38.2. The highest BCUT2D eigenvalue weighted by atomic mass is 32.2. The third-order valence-corrected chi connectivity index (χ3v) is 14.4. The van der Waals surface area contributed by atoms with Gasteiger partial charge in [-0.25, -0.2) is 23.2 Å². The standard InChI is InChI=1S/C44H61N7O9S2/c1-26(2)45-41-47-34(25-61-41)33-22-36(31-18-17-29(58-6)20-32(31)46-33)59-30-21-35(51(24-30)39(53)37(43(3,4)5)48-42(55)60-28-15-11-12-16-28)38(52)49-44-23-27(44)14-10-8-7-9-13-19-62(56,57)50-40(44)54/h17-18,20,22,25-28,30,35,37H,7-16,19,21,23-24H2,1-6H3,(H,45,47)(H,48,55)(H,49,52)(H,50,54)/t27-,30-,35+,37-,44?/m1/s1. The van der Waals surface area contributed by atoms with E-state index in [4.69, 9.17) is 24.2 Å². The summed E-state index contributed by atoms with van der Waals surface area (Å²) in [5, 5.41) is 12.4. The molecule has 0 spiro atoms. The molecule has 2 aliphatic carbocycles. The van der Waals surface area contributed by atoms with Crippen molar-refractivity contribution in [2.45, 2.75) is 148 Å². The van der Waals surface area contributed by atoms with Crippen molar-refractivity contribution in [3.8, 4) is 22.9 Å². The maximum atomic E-state index is 14.9. The number of methoxy groups -OCH3 is 1. The second-order valence-electron chi connectivity index (χ2n) is 18.6. The van der Waals surface area contributed by atoms with Crippen LogP contribution in [0.15, 0.2) is 29.6 Å². The van der Waals surface area contributed by atoms with E-state index in [0.717, 1.165) is 56.5 Å². The fourth-order valence-electron chi connectivity index (χ4n) is 8.88. The van der Waals surface area contributed by atoms with E-state index in [1.165, 1.54) is 16.2 Å². The summed E-state index contributed by atoms with van der Waals surface area (Å²) < 4.78 is 46.2. The van der Waals surface area contributed by atoms with Gasteiger partial charge in [0, 0.05) is 35.4 Å². The summed E-state index contributed by atoms with van der Waals surface area (Å²) in [6.45, 7) is 9.51. The van der Waals surface area contributed by atoms with Gasteiger partial charge in [-0.3, -0.25) is 19.1 Å². The lowest BCUT2D eigenvalue weighted by atomic mass is 9.85. The molecule has 2 aromatic heterocycles. The van der Waals surface area contributed by atoms with Gasteiger partial charge >= 0.3 is 6.09 Å². The van der Waals surface area contributed by atoms with E-state index in [0.29, 0.717) is 46.6 Å². The minimum absolute atomic E-state index is 0.0334. The van der Waals surface area contributed by atoms with Gasteiger partial charge < -0.3 is 35.1 Å². The number of hydrogen-bond acceptors (Lipinski definition) is 13. The molecule has 4 heterocycles. The Bertz CT molecular complexity index is 2260. The number of thiazole rings is 1. The number of aromatic nitrogens is 2. The van der Waals surface area contributed by atoms with Crippen LogP contribution in [-0.2, 0) is 29.1 Å². The Morgan fingerprint density at radius 1 is 0.968 bits per heavy atom. The number of benzene rings is 1. The van der Waals surface area contributed by atoms with Gasteiger partial charge in [0.2, 0.25) is 21.8 Å². The molecule has 1 aromatic carbocycles. The second kappa shape index (κ2) is 18.6. The highest BCUT2D eigenvalue weighted by Crippen LogP contribution is 2.48. The first-order valence-corrected chi connectivity index (χ1v) is 24.5. The SMILES string of the molecule is COc1ccc2c(O[C@@H]3C[C@@H](C(=O)NC45C[C@H]4CCCCCCCS(=O)(=O)NC5=O)N(C(=O)[C@@H](NC(=O)OC4CCCC4)C(C)(C)C)C3)cc(-c3csc(NC(C)C)n3)nc2c1. The lowest BCUT2D eigenvalue weighted by molar-refractivity contribution is -0.143. The molecular weight excluding hydrogens is 835 g/mol. The van der Waals surface area contributed by atoms with Gasteiger partial charge in [0.05, 0.1) is 30.6 Å². The topological polar surface area (TPSA) is 207 Å². The maximum absolute atomic E-state index is 14.9. The van der Waals surface area contributed by atoms with Crippen LogP contribution in [0.25, 0.3) is 22.3 Å². The van der Waals surface area contributed by atoms with Gasteiger partial charge in [0.25, 0.3) is 5.91 Å². The van der Waals surface area contributed by atoms with Crippen LogP contribution in [0.2, 0.25) is 0 Å². The Hall–Kier alpha value is -4.71. The molecule has 4 amide bonds. The predicted octanol–water partition coefficient (Wildman–Crippen LogP) is 6.29. The van der Waals surface area contributed by atoms with Crippen molar-refractivity contribution >= 4 is 61.2 Å². The summed E-state index contributed by atoms with van der Waals surface area (Å²) in [6.07, 6.45) is 6.52. The number of likely N-dealkylation sites (tertiary alicyclic amines) is 1. The summed E-state index contributed by atoms with van der Waals surface area (Å²) in [5.41, 5.74) is -0.486. The molecule has 4 aliphatic rings. The predicted molar refractivity (Wildman–Crippen MR) is 236 cm³/mol. The minimum Gasteiger partial charge on any atom is -0.497 e. The zero-order chi connectivity index (χ0) is 44.4. The normalized spacial score (nSPS) is 24.9. The van der Waals surface area contributed by atoms with Crippen LogP contribution < -0.4 is 30.1 Å². The van der Waals surface area contributed by atoms with Gasteiger partial charge in [-0.05, 0) is 82.3 Å². The lowest BCUT2D eigenvalue weighted by Gasteiger charge is -2.35. The molecule has 2 saturated carbocycles. The van der Waals surface area contributed by atoms with E-state index in [1.807, 2.05) is 46.1 Å². The van der Waals surface area contributed by atoms with Crippen LogP contribution in [-0.4, -0.2) is 102 Å². The number of ether oxygens (including phenoxy) is 3. The number of fused-ring (bicyclic) bond motifs is 2. The van der Waals surface area contributed by atoms with Crippen molar-refractivity contribution in [1.82, 2.24) is 30.2 Å². The van der Waals surface area contributed by atoms with Crippen molar-refractivity contribution in [3.63, 3.8) is 0 Å². The molecule has 338 valence electrons. The Labute approximate surface area is 368 Å². The Morgan fingerprint density at radius 2 is 1.69 bits per heavy atom. The van der Waals surface area contributed by atoms with E-state index < -0.39 is 63.0 Å². The number of hydrogen-bond donors (Lipinski definition) is 4. The summed E-state index contributed by atoms with van der Waals surface area (Å²) in [7, 11) is -2.36. The van der Waals surface area contributed by atoms with Crippen LogP contribution in [0.4, 0.5) is 9.93 Å². The van der Waals surface area contributed by atoms with E-state index in [-0.39, 0.29) is 43.2 Å². The largest absolute Gasteiger partial charge is 0.497 e. The van der Waals surface area contributed by atoms with Crippen molar-refractivity contribution in [1.29, 1.82) is 0 Å². The summed E-state index contributed by atoms with van der Waals surface area (Å²) in [5.74, 6) is -1.29. The summed E-state index contributed by atoms with van der Waals surface area (Å²) in [4.78, 5) is 67.9. The average molecular weight is 896 g/mol. The molecule has 0 bridgehead atoms. The van der Waals surface area contributed by atoms with E-state index in [1.54, 1.807) is 25.3 Å². The smallest absolute Gasteiger partial charge is 0.408 e. The highest BCUT2D eigenvalue weighted by Gasteiger charge is 2.62. The number of alkyl carbamates (subject to hydrolysis) is 1. The third kappa shape index (κ3) is 10.5. The van der Waals surface area contributed by atoms with Crippen LogP contribution in [0.3, 0.4) is 0 Å². The second-order valence-corrected chi connectivity index (χ2v) is 21.3. The molecule has 2 aliphatic heterocycles. The molecule has 4 fully saturated rings. The third-order valence-electron chi connectivity index (χ3n) is 12.3. The summed E-state index contributed by atoms with van der Waals surface area (Å²) in [6, 6.07) is 5.19. The van der Waals surface area contributed by atoms with Gasteiger partial charge in [0.15, 0.2) is 5.13 Å². The number of nitrogens with one attached hydrogen (secondary N) is 4. The molecule has 3 aromatic rings. The zero-order valence-electron chi connectivity index (χ0n) is 36.6. The van der Waals surface area contributed by atoms with Crippen LogP contribution in [0.1, 0.15) is 112 Å². The number of carbonyl (C=O) groups is 4. The first-order valence-electron chi connectivity index (χ1n) is 22.0. The Kier molecular flexibility index (Phi) is 13.6. The van der Waals surface area contributed by atoms with Crippen molar-refractivity contribution in [2.24, 2.45) is 11.3 Å². The maximum Gasteiger partial charge on any atom is 0.408 e. The highest BCUT2D eigenvalue weighted by molar-refractivity contribution is 7.90. The first-order chi connectivity index (χ1) is 29.4. The minimum atomic E-state index is -3.93. The molecule has 7 rings (SSSR count). The molecule has 16 nitrogen and oxygen atoms in total. The van der Waals surface area contributed by atoms with Crippen LogP contribution in [0, 0.1) is 11.3 Å². The number of pyridine rings is 1. The molecule has 2 saturated heterocycles. The number of carbonyl (C=O) groups excluding carboxylic acids is 4. The van der Waals surface area contributed by atoms with Gasteiger partial charge in [-0.2, -0.15) is 0 Å². The fraction of sp³-hybridized carbons (Fsp3) is 0.636. The fourth-order valence-corrected chi connectivity index (χ4v) is 10.9. The van der Waals surface area contributed by atoms with Crippen LogP contribution in [0.5, 0.6) is 11.5 Å². The van der Waals surface area contributed by atoms with Gasteiger partial charge in [0.1, 0.15) is 47.0 Å². The number of rotatable bonds is 11. The number of sulfonamides is 1. The number of amides is 4. The van der Waals surface area contributed by atoms with Crippen molar-refractivity contribution in [3.05, 3.63) is 29.6 Å². The van der Waals surface area contributed by atoms with Crippen molar-refractivity contribution in [2.75, 3.05) is 24.7 Å². The summed E-state index contributed by atoms with van der Waals surface area (Å²) >= 11 is 1.46. The molecule has 0 radical (unpaired) electrons. The molecule has 5 atom stereocenters. The van der Waals surface area contributed by atoms with E-state index in [2.05, 4.69) is 20.7 Å². The first kappa shape index (κ1) is 45.3. The number of anilines is 1. The van der Waals surface area contributed by atoms with Crippen LogP contribution >= 0.6 is 11.3 Å². The molecule has 62 heavy (non-hydrogen) atoms. The Morgan fingerprint density at radius 3 is 2.42 bits per heavy atom. The van der Waals surface area contributed by atoms with Gasteiger partial charge in [-0.1, -0.05) is 46.5 Å². The average Bonchev–Trinajstić information content (AvgIpc) is 3.64. The van der Waals surface area contributed by atoms with E-state index >= 15 is 0 Å². The van der Waals surface area contributed by atoms with Gasteiger partial charge in [-0.15, -0.1) is 11.3 Å². The van der Waals surface area contributed by atoms with Crippen molar-refractivity contribution < 1.29 is 41.8 Å².